The third-order valence-electron chi connectivity index (χ3n) is 3.82. The molecular formula is C17H29N3O. The molecule has 0 aliphatic heterocycles. The van der Waals surface area contributed by atoms with Gasteiger partial charge in [0.2, 0.25) is 0 Å². The van der Waals surface area contributed by atoms with Crippen LogP contribution in [0.4, 0.5) is 5.82 Å². The van der Waals surface area contributed by atoms with E-state index < -0.39 is 0 Å². The van der Waals surface area contributed by atoms with Crippen molar-refractivity contribution in [2.45, 2.75) is 58.7 Å². The van der Waals surface area contributed by atoms with Crippen LogP contribution in [0, 0.1) is 0 Å². The van der Waals surface area contributed by atoms with E-state index in [1.54, 1.807) is 7.11 Å². The van der Waals surface area contributed by atoms with Gasteiger partial charge in [0.1, 0.15) is 5.82 Å². The van der Waals surface area contributed by atoms with E-state index in [0.717, 1.165) is 31.9 Å². The van der Waals surface area contributed by atoms with Crippen molar-refractivity contribution >= 4 is 5.82 Å². The molecule has 1 aliphatic carbocycles. The molecule has 0 atom stereocenters. The molecule has 0 unspecified atom stereocenters. The molecule has 0 spiro atoms. The van der Waals surface area contributed by atoms with Gasteiger partial charge >= 0.3 is 0 Å². The fourth-order valence-corrected chi connectivity index (χ4v) is 2.45. The van der Waals surface area contributed by atoms with Gasteiger partial charge in [-0.3, -0.25) is 0 Å². The second-order valence-electron chi connectivity index (χ2n) is 6.13. The van der Waals surface area contributed by atoms with Crippen molar-refractivity contribution in [3.63, 3.8) is 0 Å². The van der Waals surface area contributed by atoms with Crippen LogP contribution in [0.25, 0.3) is 0 Å². The number of hydrogen-bond acceptors (Lipinski definition) is 4. The van der Waals surface area contributed by atoms with Crippen LogP contribution < -0.4 is 10.2 Å². The first-order chi connectivity index (χ1) is 10.1. The highest BCUT2D eigenvalue weighted by Gasteiger charge is 2.30. The van der Waals surface area contributed by atoms with Crippen LogP contribution in [0.1, 0.15) is 44.9 Å². The first-order valence-electron chi connectivity index (χ1n) is 8.12. The third-order valence-corrected chi connectivity index (χ3v) is 3.82. The van der Waals surface area contributed by atoms with Gasteiger partial charge in [-0.15, -0.1) is 0 Å². The summed E-state index contributed by atoms with van der Waals surface area (Å²) in [6.07, 6.45) is 3.54. The van der Waals surface area contributed by atoms with Crippen molar-refractivity contribution in [2.24, 2.45) is 0 Å². The highest BCUT2D eigenvalue weighted by Crippen LogP contribution is 2.31. The highest BCUT2D eigenvalue weighted by atomic mass is 16.5. The summed E-state index contributed by atoms with van der Waals surface area (Å²) in [5.41, 5.74) is 2.50. The van der Waals surface area contributed by atoms with E-state index in [2.05, 4.69) is 43.1 Å². The van der Waals surface area contributed by atoms with Crippen LogP contribution in [0.2, 0.25) is 0 Å². The molecule has 1 N–H and O–H groups in total. The van der Waals surface area contributed by atoms with Crippen LogP contribution in [-0.4, -0.2) is 37.3 Å². The van der Waals surface area contributed by atoms with Gasteiger partial charge in [0.05, 0.1) is 6.61 Å². The summed E-state index contributed by atoms with van der Waals surface area (Å²) in [5, 5.41) is 3.50. The first kappa shape index (κ1) is 16.2. The number of hydrogen-bond donors (Lipinski definition) is 1. The fourth-order valence-electron chi connectivity index (χ4n) is 2.45. The summed E-state index contributed by atoms with van der Waals surface area (Å²) < 4.78 is 5.26. The van der Waals surface area contributed by atoms with Crippen LogP contribution >= 0.6 is 0 Å². The Bertz CT molecular complexity index is 444. The lowest BCUT2D eigenvalue weighted by Crippen LogP contribution is -2.31. The monoisotopic (exact) mass is 291 g/mol. The largest absolute Gasteiger partial charge is 0.383 e. The van der Waals surface area contributed by atoms with Crippen LogP contribution in [0.3, 0.4) is 0 Å². The Morgan fingerprint density at radius 2 is 2.14 bits per heavy atom. The van der Waals surface area contributed by atoms with Gasteiger partial charge in [0, 0.05) is 38.0 Å². The third kappa shape index (κ3) is 4.97. The lowest BCUT2D eigenvalue weighted by atomic mass is 10.1. The number of pyridine rings is 1. The average molecular weight is 291 g/mol. The van der Waals surface area contributed by atoms with E-state index in [0.29, 0.717) is 12.1 Å². The van der Waals surface area contributed by atoms with Crippen molar-refractivity contribution in [3.05, 3.63) is 23.4 Å². The molecular weight excluding hydrogens is 262 g/mol. The Balaban J connectivity index is 2.17. The summed E-state index contributed by atoms with van der Waals surface area (Å²) >= 11 is 0. The summed E-state index contributed by atoms with van der Waals surface area (Å²) in [4.78, 5) is 7.25. The lowest BCUT2D eigenvalue weighted by molar-refractivity contribution is 0.204. The van der Waals surface area contributed by atoms with Crippen molar-refractivity contribution in [3.8, 4) is 0 Å². The normalized spacial score (nSPS) is 14.7. The van der Waals surface area contributed by atoms with Gasteiger partial charge in [0.25, 0.3) is 0 Å². The lowest BCUT2D eigenvalue weighted by Gasteiger charge is -2.24. The van der Waals surface area contributed by atoms with Crippen molar-refractivity contribution in [1.82, 2.24) is 10.3 Å². The van der Waals surface area contributed by atoms with Gasteiger partial charge in [-0.25, -0.2) is 4.98 Å². The Hall–Kier alpha value is -1.13. The van der Waals surface area contributed by atoms with Gasteiger partial charge in [-0.05, 0) is 37.0 Å². The van der Waals surface area contributed by atoms with Crippen LogP contribution in [0.15, 0.2) is 12.1 Å². The minimum absolute atomic E-state index is 0.500. The minimum Gasteiger partial charge on any atom is -0.383 e. The molecule has 1 aliphatic rings. The second-order valence-corrected chi connectivity index (χ2v) is 6.13. The van der Waals surface area contributed by atoms with E-state index in [9.17, 15) is 0 Å². The molecule has 1 aromatic heterocycles. The molecule has 0 aromatic carbocycles. The summed E-state index contributed by atoms with van der Waals surface area (Å²) in [6, 6.07) is 5.62. The number of nitrogens with one attached hydrogen (secondary N) is 1. The summed E-state index contributed by atoms with van der Waals surface area (Å²) in [5.74, 6) is 1.12. The Morgan fingerprint density at radius 3 is 2.71 bits per heavy atom. The van der Waals surface area contributed by atoms with E-state index >= 15 is 0 Å². The van der Waals surface area contributed by atoms with Crippen molar-refractivity contribution in [2.75, 3.05) is 25.2 Å². The van der Waals surface area contributed by atoms with E-state index in [1.165, 1.54) is 24.1 Å². The Kier molecular flexibility index (Phi) is 6.00. The number of nitrogens with zero attached hydrogens (tertiary/aromatic N) is 2. The Labute approximate surface area is 128 Å². The van der Waals surface area contributed by atoms with E-state index in [4.69, 9.17) is 9.72 Å². The van der Waals surface area contributed by atoms with Gasteiger partial charge < -0.3 is 15.0 Å². The molecule has 1 fully saturated rings. The molecule has 4 heteroatoms. The number of aryl methyl sites for hydroxylation is 1. The minimum atomic E-state index is 0.500. The zero-order valence-corrected chi connectivity index (χ0v) is 13.9. The van der Waals surface area contributed by atoms with E-state index in [1.807, 2.05) is 0 Å². The number of aromatic nitrogens is 1. The van der Waals surface area contributed by atoms with Crippen molar-refractivity contribution in [1.29, 1.82) is 0 Å². The average Bonchev–Trinajstić information content (AvgIpc) is 3.30. The number of rotatable bonds is 9. The van der Waals surface area contributed by atoms with Crippen LogP contribution in [0.5, 0.6) is 0 Å². The van der Waals surface area contributed by atoms with E-state index in [-0.39, 0.29) is 0 Å². The summed E-state index contributed by atoms with van der Waals surface area (Å²) in [6.45, 7) is 9.12. The zero-order chi connectivity index (χ0) is 15.2. The molecule has 1 saturated carbocycles. The highest BCUT2D eigenvalue weighted by molar-refractivity contribution is 5.45. The molecule has 118 valence electrons. The molecule has 0 bridgehead atoms. The maximum Gasteiger partial charge on any atom is 0.129 e. The maximum absolute atomic E-state index is 5.26. The fraction of sp³-hybridized carbons (Fsp3) is 0.706. The SMILES string of the molecule is CCc1cc(CNC(C)C)cc(N(CCOC)C2CC2)n1. The molecule has 2 rings (SSSR count). The molecule has 0 amide bonds. The van der Waals surface area contributed by atoms with Gasteiger partial charge in [0.15, 0.2) is 0 Å². The van der Waals surface area contributed by atoms with Crippen LogP contribution in [-0.2, 0) is 17.7 Å². The molecule has 21 heavy (non-hydrogen) atoms. The molecule has 0 radical (unpaired) electrons. The quantitative estimate of drug-likeness (QED) is 0.759. The maximum atomic E-state index is 5.26. The Morgan fingerprint density at radius 1 is 1.38 bits per heavy atom. The predicted octanol–water partition coefficient (Wildman–Crippen LogP) is 2.76. The topological polar surface area (TPSA) is 37.4 Å². The standard InChI is InChI=1S/C17H29N3O/c1-5-15-10-14(12-18-13(2)3)11-17(19-15)20(8-9-21-4)16-6-7-16/h10-11,13,16,18H,5-9,12H2,1-4H3. The predicted molar refractivity (Wildman–Crippen MR) is 87.8 cm³/mol. The second kappa shape index (κ2) is 7.76. The zero-order valence-electron chi connectivity index (χ0n) is 13.9. The van der Waals surface area contributed by atoms with Gasteiger partial charge in [-0.2, -0.15) is 0 Å². The molecule has 1 heterocycles. The molecule has 0 saturated heterocycles. The summed E-state index contributed by atoms with van der Waals surface area (Å²) in [7, 11) is 1.76. The molecule has 1 aromatic rings. The van der Waals surface area contributed by atoms with Crippen molar-refractivity contribution < 1.29 is 4.74 Å². The first-order valence-corrected chi connectivity index (χ1v) is 8.12. The van der Waals surface area contributed by atoms with Gasteiger partial charge in [-0.1, -0.05) is 20.8 Å². The molecule has 4 nitrogen and oxygen atoms in total. The number of methoxy groups -OCH3 is 1. The number of anilines is 1. The smallest absolute Gasteiger partial charge is 0.129 e. The number of ether oxygens (including phenoxy) is 1.